The van der Waals surface area contributed by atoms with Crippen molar-refractivity contribution in [1.29, 1.82) is 0 Å². The number of hydrogen-bond acceptors (Lipinski definition) is 2. The zero-order valence-electron chi connectivity index (χ0n) is 11.3. The molecule has 1 heterocycles. The van der Waals surface area contributed by atoms with Gasteiger partial charge in [-0.1, -0.05) is 26.7 Å². The number of rotatable bonds is 4. The monoisotopic (exact) mass is 256 g/mol. The molecular weight excluding hydrogens is 232 g/mol. The Morgan fingerprint density at radius 3 is 2.72 bits per heavy atom. The molecule has 2 atom stereocenters. The van der Waals surface area contributed by atoms with Crippen molar-refractivity contribution in [3.8, 4) is 0 Å². The number of nitrogens with one attached hydrogen (secondary N) is 1. The molecule has 0 aromatic carbocycles. The fourth-order valence-electron chi connectivity index (χ4n) is 2.30. The van der Waals surface area contributed by atoms with E-state index in [0.29, 0.717) is 6.04 Å². The van der Waals surface area contributed by atoms with Gasteiger partial charge in [0.25, 0.3) is 0 Å². The van der Waals surface area contributed by atoms with Gasteiger partial charge in [0.15, 0.2) is 0 Å². The molecule has 0 aromatic heterocycles. The van der Waals surface area contributed by atoms with Crippen molar-refractivity contribution < 1.29 is 14.7 Å². The van der Waals surface area contributed by atoms with Crippen LogP contribution in [0.1, 0.15) is 46.0 Å². The van der Waals surface area contributed by atoms with E-state index in [4.69, 9.17) is 5.11 Å². The number of nitrogens with zero attached hydrogens (tertiary/aromatic N) is 1. The molecule has 1 rings (SSSR count). The summed E-state index contributed by atoms with van der Waals surface area (Å²) in [5.74, 6) is -1.42. The van der Waals surface area contributed by atoms with Gasteiger partial charge in [0, 0.05) is 19.1 Å². The summed E-state index contributed by atoms with van der Waals surface area (Å²) in [5.41, 5.74) is 0. The van der Waals surface area contributed by atoms with Crippen LogP contribution in [0.15, 0.2) is 0 Å². The van der Waals surface area contributed by atoms with E-state index < -0.39 is 11.9 Å². The summed E-state index contributed by atoms with van der Waals surface area (Å²) < 4.78 is 0. The quantitative estimate of drug-likeness (QED) is 0.809. The van der Waals surface area contributed by atoms with E-state index in [-0.39, 0.29) is 12.6 Å². The summed E-state index contributed by atoms with van der Waals surface area (Å²) in [6.45, 7) is 4.67. The first-order valence-corrected chi connectivity index (χ1v) is 6.83. The molecule has 5 nitrogen and oxygen atoms in total. The van der Waals surface area contributed by atoms with Gasteiger partial charge < -0.3 is 15.3 Å². The molecule has 1 saturated heterocycles. The van der Waals surface area contributed by atoms with Crippen LogP contribution in [0.25, 0.3) is 0 Å². The molecule has 0 spiro atoms. The van der Waals surface area contributed by atoms with Crippen molar-refractivity contribution >= 4 is 12.0 Å². The van der Waals surface area contributed by atoms with E-state index in [9.17, 15) is 9.59 Å². The molecule has 0 saturated carbocycles. The van der Waals surface area contributed by atoms with Crippen LogP contribution in [-0.2, 0) is 4.79 Å². The molecule has 1 aliphatic rings. The summed E-state index contributed by atoms with van der Waals surface area (Å²) in [4.78, 5) is 24.6. The molecular formula is C13H24N2O3. The topological polar surface area (TPSA) is 69.6 Å². The van der Waals surface area contributed by atoms with Crippen molar-refractivity contribution in [1.82, 2.24) is 10.2 Å². The van der Waals surface area contributed by atoms with Crippen molar-refractivity contribution in [2.75, 3.05) is 13.1 Å². The van der Waals surface area contributed by atoms with E-state index in [2.05, 4.69) is 12.2 Å². The number of aliphatic carboxylic acids is 1. The Bertz CT molecular complexity index is 294. The van der Waals surface area contributed by atoms with Crippen molar-refractivity contribution in [2.24, 2.45) is 5.92 Å². The fraction of sp³-hybridized carbons (Fsp3) is 0.846. The SMILES string of the molecule is CCC1CCCCCN1C(=O)NCC(C)C(=O)O. The maximum Gasteiger partial charge on any atom is 0.317 e. The fourth-order valence-corrected chi connectivity index (χ4v) is 2.30. The van der Waals surface area contributed by atoms with E-state index in [1.165, 1.54) is 12.8 Å². The smallest absolute Gasteiger partial charge is 0.317 e. The van der Waals surface area contributed by atoms with Gasteiger partial charge in [0.05, 0.1) is 5.92 Å². The lowest BCUT2D eigenvalue weighted by molar-refractivity contribution is -0.140. The Kier molecular flexibility index (Phi) is 5.95. The number of carboxylic acids is 1. The standard InChI is InChI=1S/C13H24N2O3/c1-3-11-7-5-4-6-8-15(11)13(18)14-9-10(2)12(16)17/h10-11H,3-9H2,1-2H3,(H,14,18)(H,16,17). The molecule has 0 bridgehead atoms. The summed E-state index contributed by atoms with van der Waals surface area (Å²) in [7, 11) is 0. The molecule has 18 heavy (non-hydrogen) atoms. The number of amides is 2. The van der Waals surface area contributed by atoms with Gasteiger partial charge >= 0.3 is 12.0 Å². The molecule has 1 aliphatic heterocycles. The second-order valence-corrected chi connectivity index (χ2v) is 5.03. The van der Waals surface area contributed by atoms with Gasteiger partial charge in [-0.15, -0.1) is 0 Å². The summed E-state index contributed by atoms with van der Waals surface area (Å²) in [6, 6.07) is 0.185. The second kappa shape index (κ2) is 7.24. The Hall–Kier alpha value is -1.26. The molecule has 2 unspecified atom stereocenters. The van der Waals surface area contributed by atoms with Gasteiger partial charge in [-0.2, -0.15) is 0 Å². The average Bonchev–Trinajstić information content (AvgIpc) is 2.60. The van der Waals surface area contributed by atoms with Crippen molar-refractivity contribution in [3.63, 3.8) is 0 Å². The van der Waals surface area contributed by atoms with Crippen molar-refractivity contribution in [2.45, 2.75) is 52.0 Å². The highest BCUT2D eigenvalue weighted by Gasteiger charge is 2.24. The highest BCUT2D eigenvalue weighted by atomic mass is 16.4. The van der Waals surface area contributed by atoms with Gasteiger partial charge in [-0.3, -0.25) is 4.79 Å². The van der Waals surface area contributed by atoms with E-state index >= 15 is 0 Å². The minimum Gasteiger partial charge on any atom is -0.481 e. The first-order chi connectivity index (χ1) is 8.56. The largest absolute Gasteiger partial charge is 0.481 e. The highest BCUT2D eigenvalue weighted by molar-refractivity contribution is 5.76. The minimum absolute atomic E-state index is 0.114. The van der Waals surface area contributed by atoms with Crippen LogP contribution < -0.4 is 5.32 Å². The third-order valence-electron chi connectivity index (χ3n) is 3.59. The molecule has 0 radical (unpaired) electrons. The van der Waals surface area contributed by atoms with E-state index in [1.807, 2.05) is 4.90 Å². The zero-order chi connectivity index (χ0) is 13.5. The lowest BCUT2D eigenvalue weighted by Crippen LogP contribution is -2.47. The van der Waals surface area contributed by atoms with Crippen LogP contribution in [0.4, 0.5) is 4.79 Å². The van der Waals surface area contributed by atoms with Gasteiger partial charge in [0.2, 0.25) is 0 Å². The van der Waals surface area contributed by atoms with Crippen molar-refractivity contribution in [3.05, 3.63) is 0 Å². The Balaban J connectivity index is 2.49. The molecule has 5 heteroatoms. The summed E-state index contributed by atoms with van der Waals surface area (Å²) in [6.07, 6.45) is 5.40. The lowest BCUT2D eigenvalue weighted by Gasteiger charge is -2.29. The molecule has 1 fully saturated rings. The van der Waals surface area contributed by atoms with Crippen LogP contribution >= 0.6 is 0 Å². The summed E-state index contributed by atoms with van der Waals surface area (Å²) >= 11 is 0. The van der Waals surface area contributed by atoms with Crippen LogP contribution in [0.3, 0.4) is 0 Å². The van der Waals surface area contributed by atoms with Crippen LogP contribution in [0, 0.1) is 5.92 Å². The third kappa shape index (κ3) is 4.20. The average molecular weight is 256 g/mol. The highest BCUT2D eigenvalue weighted by Crippen LogP contribution is 2.19. The van der Waals surface area contributed by atoms with Crippen LogP contribution in [0.2, 0.25) is 0 Å². The third-order valence-corrected chi connectivity index (χ3v) is 3.59. The maximum absolute atomic E-state index is 12.1. The molecule has 104 valence electrons. The Morgan fingerprint density at radius 1 is 1.39 bits per heavy atom. The van der Waals surface area contributed by atoms with E-state index in [1.54, 1.807) is 6.92 Å². The lowest BCUT2D eigenvalue weighted by atomic mass is 10.1. The molecule has 2 N–H and O–H groups in total. The van der Waals surface area contributed by atoms with Crippen LogP contribution in [0.5, 0.6) is 0 Å². The predicted molar refractivity (Wildman–Crippen MR) is 69.5 cm³/mol. The number of carbonyl (C=O) groups excluding carboxylic acids is 1. The first-order valence-electron chi connectivity index (χ1n) is 6.83. The maximum atomic E-state index is 12.1. The van der Waals surface area contributed by atoms with Gasteiger partial charge in [0.1, 0.15) is 0 Å². The van der Waals surface area contributed by atoms with Gasteiger partial charge in [-0.05, 0) is 19.3 Å². The number of carbonyl (C=O) groups is 2. The van der Waals surface area contributed by atoms with Crippen LogP contribution in [-0.4, -0.2) is 41.1 Å². The predicted octanol–water partition coefficient (Wildman–Crippen LogP) is 2.07. The number of urea groups is 1. The second-order valence-electron chi connectivity index (χ2n) is 5.03. The number of likely N-dealkylation sites (tertiary alicyclic amines) is 1. The number of hydrogen-bond donors (Lipinski definition) is 2. The van der Waals surface area contributed by atoms with Gasteiger partial charge in [-0.25, -0.2) is 4.79 Å². The first kappa shape index (κ1) is 14.8. The normalized spacial score (nSPS) is 22.1. The molecule has 0 aliphatic carbocycles. The minimum atomic E-state index is -0.877. The Morgan fingerprint density at radius 2 is 2.11 bits per heavy atom. The molecule has 0 aromatic rings. The van der Waals surface area contributed by atoms with E-state index in [0.717, 1.165) is 25.8 Å². The summed E-state index contributed by atoms with van der Waals surface area (Å²) in [5, 5.41) is 11.5. The Labute approximate surface area is 109 Å². The number of carboxylic acid groups (broad SMARTS) is 1. The molecule has 2 amide bonds. The zero-order valence-corrected chi connectivity index (χ0v) is 11.3.